The molecule has 0 unspecified atom stereocenters. The van der Waals surface area contributed by atoms with Gasteiger partial charge in [0.25, 0.3) is 0 Å². The number of hydrogen-bond acceptors (Lipinski definition) is 3. The smallest absolute Gasteiger partial charge is 0.119 e. The fourth-order valence-corrected chi connectivity index (χ4v) is 4.64. The first-order chi connectivity index (χ1) is 17.7. The van der Waals surface area contributed by atoms with Crippen molar-refractivity contribution in [1.29, 1.82) is 0 Å². The predicted octanol–water partition coefficient (Wildman–Crippen LogP) is 7.79. The molecule has 36 heavy (non-hydrogen) atoms. The van der Waals surface area contributed by atoms with Gasteiger partial charge in [0.2, 0.25) is 0 Å². The average Bonchev–Trinajstić information content (AvgIpc) is 2.93. The molecule has 3 heteroatoms. The average molecular weight is 487 g/mol. The summed E-state index contributed by atoms with van der Waals surface area (Å²) in [6.07, 6.45) is 8.82. The van der Waals surface area contributed by atoms with Gasteiger partial charge in [-0.2, -0.15) is 0 Å². The molecular formula is C33H46N2O. The molecule has 1 saturated heterocycles. The van der Waals surface area contributed by atoms with Crippen LogP contribution < -0.4 is 9.64 Å². The van der Waals surface area contributed by atoms with E-state index in [9.17, 15) is 0 Å². The summed E-state index contributed by atoms with van der Waals surface area (Å²) in [6, 6.07) is 29.6. The highest BCUT2D eigenvalue weighted by atomic mass is 16.5. The monoisotopic (exact) mass is 486 g/mol. The Morgan fingerprint density at radius 1 is 0.694 bits per heavy atom. The lowest BCUT2D eigenvalue weighted by molar-refractivity contribution is 0.252. The molecule has 1 fully saturated rings. The van der Waals surface area contributed by atoms with E-state index in [2.05, 4.69) is 78.2 Å². The lowest BCUT2D eigenvalue weighted by Gasteiger charge is -2.36. The van der Waals surface area contributed by atoms with E-state index in [1.807, 2.05) is 30.3 Å². The van der Waals surface area contributed by atoms with Crippen molar-refractivity contribution in [2.45, 2.75) is 58.8 Å². The van der Waals surface area contributed by atoms with Crippen LogP contribution in [0.15, 0.2) is 84.9 Å². The molecule has 0 saturated carbocycles. The molecule has 1 aliphatic heterocycles. The number of ether oxygens (including phenoxy) is 1. The number of para-hydroxylation sites is 2. The first-order valence-corrected chi connectivity index (χ1v) is 14.0. The van der Waals surface area contributed by atoms with E-state index in [-0.39, 0.29) is 0 Å². The molecule has 0 aliphatic carbocycles. The summed E-state index contributed by atoms with van der Waals surface area (Å²) in [5.41, 5.74) is 4.18. The molecule has 3 aromatic rings. The zero-order chi connectivity index (χ0) is 25.3. The number of benzene rings is 3. The third-order valence-electron chi connectivity index (χ3n) is 6.78. The van der Waals surface area contributed by atoms with Gasteiger partial charge in [0.05, 0.1) is 6.61 Å². The fraction of sp³-hybridized carbons (Fsp3) is 0.455. The van der Waals surface area contributed by atoms with Crippen molar-refractivity contribution >= 4 is 5.69 Å². The van der Waals surface area contributed by atoms with Gasteiger partial charge in [0.1, 0.15) is 5.75 Å². The van der Waals surface area contributed by atoms with Crippen molar-refractivity contribution in [3.05, 3.63) is 96.1 Å². The lowest BCUT2D eigenvalue weighted by atomic mass is 10.1. The molecule has 1 aliphatic rings. The molecule has 3 aromatic carbocycles. The van der Waals surface area contributed by atoms with E-state index in [0.717, 1.165) is 18.8 Å². The fourth-order valence-electron chi connectivity index (χ4n) is 4.64. The van der Waals surface area contributed by atoms with Crippen molar-refractivity contribution in [2.24, 2.45) is 0 Å². The van der Waals surface area contributed by atoms with Crippen molar-refractivity contribution in [2.75, 3.05) is 44.2 Å². The normalized spacial score (nSPS) is 13.7. The topological polar surface area (TPSA) is 15.7 Å². The van der Waals surface area contributed by atoms with Crippen molar-refractivity contribution in [1.82, 2.24) is 4.90 Å². The van der Waals surface area contributed by atoms with Crippen LogP contribution in [0.25, 0.3) is 0 Å². The molecule has 0 radical (unpaired) electrons. The van der Waals surface area contributed by atoms with Crippen LogP contribution in [0.3, 0.4) is 0 Å². The lowest BCUT2D eigenvalue weighted by Crippen LogP contribution is -2.46. The minimum atomic E-state index is 0.817. The summed E-state index contributed by atoms with van der Waals surface area (Å²) in [4.78, 5) is 5.10. The maximum absolute atomic E-state index is 5.68. The van der Waals surface area contributed by atoms with Crippen LogP contribution in [-0.4, -0.2) is 44.2 Å². The van der Waals surface area contributed by atoms with E-state index in [4.69, 9.17) is 4.74 Å². The zero-order valence-electron chi connectivity index (χ0n) is 22.6. The molecule has 0 bridgehead atoms. The van der Waals surface area contributed by atoms with Crippen LogP contribution >= 0.6 is 0 Å². The Morgan fingerprint density at radius 2 is 1.42 bits per heavy atom. The second kappa shape index (κ2) is 16.8. The van der Waals surface area contributed by atoms with Crippen LogP contribution in [0.2, 0.25) is 0 Å². The minimum absolute atomic E-state index is 0.817. The first kappa shape index (κ1) is 27.8. The molecule has 1 heterocycles. The summed E-state index contributed by atoms with van der Waals surface area (Å²) in [7, 11) is 0. The van der Waals surface area contributed by atoms with Crippen molar-refractivity contribution in [3.8, 4) is 5.75 Å². The largest absolute Gasteiger partial charge is 0.494 e. The standard InChI is InChI=1S/C18H22O.C15H24N2/c1-16-9-8-11-17(15-16)10-4-3-7-14-19-18-12-5-2-6-13-18;1-2-3-7-10-16-11-13-17(14-12-16)15-8-5-4-6-9-15/h2,5-6,8-9,11-13,15H,3-4,7,10,14H2,1H3;4-6,8-9H,2-3,7,10-14H2,1H3. The van der Waals surface area contributed by atoms with Gasteiger partial charge in [-0.1, -0.05) is 86.0 Å². The van der Waals surface area contributed by atoms with E-state index < -0.39 is 0 Å². The van der Waals surface area contributed by atoms with Gasteiger partial charge in [-0.05, 0) is 75.4 Å². The quantitative estimate of drug-likeness (QED) is 0.243. The molecule has 4 rings (SSSR count). The van der Waals surface area contributed by atoms with Gasteiger partial charge in [0.15, 0.2) is 0 Å². The molecule has 194 valence electrons. The molecule has 0 atom stereocenters. The Bertz CT molecular complexity index is 936. The van der Waals surface area contributed by atoms with Gasteiger partial charge in [-0.25, -0.2) is 0 Å². The second-order valence-electron chi connectivity index (χ2n) is 9.83. The van der Waals surface area contributed by atoms with Crippen LogP contribution in [0.5, 0.6) is 5.75 Å². The highest BCUT2D eigenvalue weighted by molar-refractivity contribution is 5.46. The number of unbranched alkanes of at least 4 members (excludes halogenated alkanes) is 4. The number of rotatable bonds is 12. The summed E-state index contributed by atoms with van der Waals surface area (Å²) in [5.74, 6) is 0.973. The molecule has 0 spiro atoms. The molecular weight excluding hydrogens is 440 g/mol. The van der Waals surface area contributed by atoms with E-state index in [1.54, 1.807) is 0 Å². The predicted molar refractivity (Wildman–Crippen MR) is 155 cm³/mol. The van der Waals surface area contributed by atoms with E-state index in [1.165, 1.54) is 88.1 Å². The van der Waals surface area contributed by atoms with E-state index >= 15 is 0 Å². The van der Waals surface area contributed by atoms with Gasteiger partial charge in [-0.3, -0.25) is 4.90 Å². The number of piperazine rings is 1. The number of hydrogen-bond donors (Lipinski definition) is 0. The maximum Gasteiger partial charge on any atom is 0.119 e. The van der Waals surface area contributed by atoms with Gasteiger partial charge in [-0.15, -0.1) is 0 Å². The highest BCUT2D eigenvalue weighted by Gasteiger charge is 2.16. The van der Waals surface area contributed by atoms with Crippen LogP contribution in [0.1, 0.15) is 56.6 Å². The Hall–Kier alpha value is -2.78. The van der Waals surface area contributed by atoms with Crippen molar-refractivity contribution < 1.29 is 4.74 Å². The zero-order valence-corrected chi connectivity index (χ0v) is 22.6. The Balaban J connectivity index is 0.000000202. The molecule has 0 amide bonds. The Kier molecular flexibility index (Phi) is 13.0. The summed E-state index contributed by atoms with van der Waals surface area (Å²) in [6.45, 7) is 11.3. The van der Waals surface area contributed by atoms with E-state index in [0.29, 0.717) is 0 Å². The molecule has 0 N–H and O–H groups in total. The minimum Gasteiger partial charge on any atom is -0.494 e. The third-order valence-corrected chi connectivity index (χ3v) is 6.78. The van der Waals surface area contributed by atoms with Gasteiger partial charge < -0.3 is 9.64 Å². The second-order valence-corrected chi connectivity index (χ2v) is 9.83. The SMILES string of the molecule is CCCCCN1CCN(c2ccccc2)CC1.Cc1cccc(CCCCCOc2ccccc2)c1. The summed E-state index contributed by atoms with van der Waals surface area (Å²) >= 11 is 0. The van der Waals surface area contributed by atoms with Gasteiger partial charge in [0, 0.05) is 31.9 Å². The molecule has 0 aromatic heterocycles. The molecule has 3 nitrogen and oxygen atoms in total. The number of nitrogens with zero attached hydrogens (tertiary/aromatic N) is 2. The highest BCUT2D eigenvalue weighted by Crippen LogP contribution is 2.16. The number of aryl methyl sites for hydroxylation is 2. The first-order valence-electron chi connectivity index (χ1n) is 14.0. The summed E-state index contributed by atoms with van der Waals surface area (Å²) < 4.78 is 5.68. The Labute approximate surface area is 220 Å². The van der Waals surface area contributed by atoms with Crippen LogP contribution in [0, 0.1) is 6.92 Å². The maximum atomic E-state index is 5.68. The van der Waals surface area contributed by atoms with Gasteiger partial charge >= 0.3 is 0 Å². The summed E-state index contributed by atoms with van der Waals surface area (Å²) in [5, 5.41) is 0. The van der Waals surface area contributed by atoms with Crippen LogP contribution in [0.4, 0.5) is 5.69 Å². The van der Waals surface area contributed by atoms with Crippen LogP contribution in [-0.2, 0) is 6.42 Å². The Morgan fingerprint density at radius 3 is 2.11 bits per heavy atom. The van der Waals surface area contributed by atoms with Crippen molar-refractivity contribution in [3.63, 3.8) is 0 Å². The third kappa shape index (κ3) is 10.9. The number of anilines is 1.